The number of ketones is 1. The van der Waals surface area contributed by atoms with Crippen LogP contribution in [0.4, 0.5) is 0 Å². The SMILES string of the molecule is CCc1oc2ccccc2c(=O)c1C(=O)c1cccn1C. The molecule has 106 valence electrons. The summed E-state index contributed by atoms with van der Waals surface area (Å²) in [6.45, 7) is 1.87. The topological polar surface area (TPSA) is 52.2 Å². The van der Waals surface area contributed by atoms with Crippen molar-refractivity contribution in [2.24, 2.45) is 7.05 Å². The largest absolute Gasteiger partial charge is 0.460 e. The summed E-state index contributed by atoms with van der Waals surface area (Å²) in [6.07, 6.45) is 2.27. The molecule has 0 fully saturated rings. The van der Waals surface area contributed by atoms with E-state index in [0.29, 0.717) is 28.8 Å². The first kappa shape index (κ1) is 13.4. The number of fused-ring (bicyclic) bond motifs is 1. The predicted octanol–water partition coefficient (Wildman–Crippen LogP) is 2.92. The minimum absolute atomic E-state index is 0.137. The highest BCUT2D eigenvalue weighted by atomic mass is 16.3. The van der Waals surface area contributed by atoms with E-state index < -0.39 is 0 Å². The van der Waals surface area contributed by atoms with Crippen molar-refractivity contribution in [2.45, 2.75) is 13.3 Å². The normalized spacial score (nSPS) is 11.0. The molecule has 0 aliphatic heterocycles. The van der Waals surface area contributed by atoms with Crippen LogP contribution in [0.15, 0.2) is 51.8 Å². The van der Waals surface area contributed by atoms with Crippen LogP contribution in [-0.2, 0) is 13.5 Å². The van der Waals surface area contributed by atoms with Crippen LogP contribution in [0.3, 0.4) is 0 Å². The van der Waals surface area contributed by atoms with Gasteiger partial charge in [0.05, 0.1) is 11.1 Å². The zero-order valence-corrected chi connectivity index (χ0v) is 11.9. The highest BCUT2D eigenvalue weighted by molar-refractivity contribution is 6.09. The molecule has 0 saturated carbocycles. The molecular formula is C17H15NO3. The molecular weight excluding hydrogens is 266 g/mol. The van der Waals surface area contributed by atoms with Crippen molar-refractivity contribution in [3.8, 4) is 0 Å². The van der Waals surface area contributed by atoms with E-state index in [1.165, 1.54) is 0 Å². The zero-order chi connectivity index (χ0) is 15.0. The summed E-state index contributed by atoms with van der Waals surface area (Å²) in [7, 11) is 1.78. The summed E-state index contributed by atoms with van der Waals surface area (Å²) in [4.78, 5) is 25.4. The monoisotopic (exact) mass is 281 g/mol. The van der Waals surface area contributed by atoms with Crippen LogP contribution >= 0.6 is 0 Å². The Morgan fingerprint density at radius 2 is 1.95 bits per heavy atom. The van der Waals surface area contributed by atoms with Crippen molar-refractivity contribution in [1.82, 2.24) is 4.57 Å². The van der Waals surface area contributed by atoms with E-state index in [-0.39, 0.29) is 16.8 Å². The second-order valence-corrected chi connectivity index (χ2v) is 4.91. The summed E-state index contributed by atoms with van der Waals surface area (Å²) in [6, 6.07) is 10.5. The van der Waals surface area contributed by atoms with Crippen molar-refractivity contribution in [2.75, 3.05) is 0 Å². The number of hydrogen-bond acceptors (Lipinski definition) is 3. The molecule has 0 spiro atoms. The lowest BCUT2D eigenvalue weighted by Gasteiger charge is -2.08. The van der Waals surface area contributed by atoms with Crippen LogP contribution in [0.25, 0.3) is 11.0 Å². The molecule has 0 atom stereocenters. The van der Waals surface area contributed by atoms with Crippen LogP contribution in [0, 0.1) is 0 Å². The fraction of sp³-hybridized carbons (Fsp3) is 0.176. The molecule has 0 amide bonds. The molecule has 4 heteroatoms. The van der Waals surface area contributed by atoms with Crippen LogP contribution in [0.1, 0.15) is 28.7 Å². The Labute approximate surface area is 121 Å². The fourth-order valence-corrected chi connectivity index (χ4v) is 2.49. The average Bonchev–Trinajstić information content (AvgIpc) is 2.92. The highest BCUT2D eigenvalue weighted by Gasteiger charge is 2.22. The second-order valence-electron chi connectivity index (χ2n) is 4.91. The summed E-state index contributed by atoms with van der Waals surface area (Å²) in [5.74, 6) is 0.142. The van der Waals surface area contributed by atoms with Crippen LogP contribution in [0.2, 0.25) is 0 Å². The van der Waals surface area contributed by atoms with E-state index >= 15 is 0 Å². The number of para-hydroxylation sites is 1. The van der Waals surface area contributed by atoms with Crippen LogP contribution in [0.5, 0.6) is 0 Å². The van der Waals surface area contributed by atoms with E-state index in [9.17, 15) is 9.59 Å². The number of benzene rings is 1. The maximum Gasteiger partial charge on any atom is 0.216 e. The van der Waals surface area contributed by atoms with Crippen LogP contribution in [-0.4, -0.2) is 10.4 Å². The number of hydrogen-bond donors (Lipinski definition) is 0. The Kier molecular flexibility index (Phi) is 3.22. The van der Waals surface area contributed by atoms with Gasteiger partial charge < -0.3 is 8.98 Å². The minimum atomic E-state index is -0.293. The van der Waals surface area contributed by atoms with E-state index in [1.807, 2.05) is 13.0 Å². The minimum Gasteiger partial charge on any atom is -0.460 e. The second kappa shape index (κ2) is 5.05. The molecule has 2 heterocycles. The van der Waals surface area contributed by atoms with Gasteiger partial charge in [0.1, 0.15) is 16.9 Å². The smallest absolute Gasteiger partial charge is 0.216 e. The molecule has 0 N–H and O–H groups in total. The molecule has 0 aliphatic carbocycles. The number of carbonyl (C=O) groups excluding carboxylic acids is 1. The quantitative estimate of drug-likeness (QED) is 0.694. The average molecular weight is 281 g/mol. The molecule has 3 rings (SSSR count). The lowest BCUT2D eigenvalue weighted by molar-refractivity contribution is 0.102. The number of aromatic nitrogens is 1. The third kappa shape index (κ3) is 2.09. The van der Waals surface area contributed by atoms with E-state index in [4.69, 9.17) is 4.42 Å². The van der Waals surface area contributed by atoms with E-state index in [2.05, 4.69) is 0 Å². The number of carbonyl (C=O) groups is 1. The highest BCUT2D eigenvalue weighted by Crippen LogP contribution is 2.18. The van der Waals surface area contributed by atoms with Crippen molar-refractivity contribution in [1.29, 1.82) is 0 Å². The Hall–Kier alpha value is -2.62. The molecule has 0 unspecified atom stereocenters. The van der Waals surface area contributed by atoms with Gasteiger partial charge in [-0.05, 0) is 24.3 Å². The lowest BCUT2D eigenvalue weighted by Crippen LogP contribution is -2.20. The van der Waals surface area contributed by atoms with E-state index in [1.54, 1.807) is 48.1 Å². The van der Waals surface area contributed by atoms with Gasteiger partial charge in [-0.1, -0.05) is 19.1 Å². The van der Waals surface area contributed by atoms with Crippen molar-refractivity contribution < 1.29 is 9.21 Å². The maximum atomic E-state index is 12.7. The van der Waals surface area contributed by atoms with Gasteiger partial charge in [-0.3, -0.25) is 9.59 Å². The van der Waals surface area contributed by atoms with Gasteiger partial charge in [0.15, 0.2) is 0 Å². The number of rotatable bonds is 3. The van der Waals surface area contributed by atoms with Crippen molar-refractivity contribution in [3.63, 3.8) is 0 Å². The molecule has 3 aromatic rings. The molecule has 1 aromatic carbocycles. The summed E-state index contributed by atoms with van der Waals surface area (Å²) < 4.78 is 7.46. The fourth-order valence-electron chi connectivity index (χ4n) is 2.49. The third-order valence-electron chi connectivity index (χ3n) is 3.60. The number of nitrogens with zero attached hydrogens (tertiary/aromatic N) is 1. The van der Waals surface area contributed by atoms with Crippen molar-refractivity contribution in [3.05, 3.63) is 69.8 Å². The first-order valence-corrected chi connectivity index (χ1v) is 6.84. The van der Waals surface area contributed by atoms with Gasteiger partial charge in [-0.15, -0.1) is 0 Å². The standard InChI is InChI=1S/C17H15NO3/c1-3-13-15(17(20)12-8-6-10-18(12)2)16(19)11-7-4-5-9-14(11)21-13/h4-10H,3H2,1-2H3. The first-order chi connectivity index (χ1) is 10.1. The van der Waals surface area contributed by atoms with Gasteiger partial charge in [-0.2, -0.15) is 0 Å². The predicted molar refractivity (Wildman–Crippen MR) is 80.7 cm³/mol. The van der Waals surface area contributed by atoms with Crippen LogP contribution < -0.4 is 5.43 Å². The van der Waals surface area contributed by atoms with Gasteiger partial charge in [0.25, 0.3) is 0 Å². The Morgan fingerprint density at radius 3 is 2.62 bits per heavy atom. The number of aryl methyl sites for hydroxylation is 2. The third-order valence-corrected chi connectivity index (χ3v) is 3.60. The zero-order valence-electron chi connectivity index (χ0n) is 11.9. The van der Waals surface area contributed by atoms with E-state index in [0.717, 1.165) is 0 Å². The summed E-state index contributed by atoms with van der Waals surface area (Å²) in [5.41, 5.74) is 0.868. The summed E-state index contributed by atoms with van der Waals surface area (Å²) in [5, 5.41) is 0.437. The molecule has 2 aromatic heterocycles. The van der Waals surface area contributed by atoms with Gasteiger partial charge in [0.2, 0.25) is 11.2 Å². The Bertz CT molecular complexity index is 886. The Balaban J connectivity index is 2.31. The van der Waals surface area contributed by atoms with Crippen molar-refractivity contribution >= 4 is 16.8 Å². The Morgan fingerprint density at radius 1 is 1.19 bits per heavy atom. The molecule has 0 saturated heterocycles. The summed E-state index contributed by atoms with van der Waals surface area (Å²) >= 11 is 0. The first-order valence-electron chi connectivity index (χ1n) is 6.84. The van der Waals surface area contributed by atoms with Gasteiger partial charge in [-0.25, -0.2) is 0 Å². The lowest BCUT2D eigenvalue weighted by atomic mass is 10.0. The molecule has 0 aliphatic rings. The van der Waals surface area contributed by atoms with Gasteiger partial charge >= 0.3 is 0 Å². The van der Waals surface area contributed by atoms with Gasteiger partial charge in [0, 0.05) is 19.7 Å². The molecule has 0 radical (unpaired) electrons. The molecule has 0 bridgehead atoms. The maximum absolute atomic E-state index is 12.7. The molecule has 4 nitrogen and oxygen atoms in total. The molecule has 21 heavy (non-hydrogen) atoms.